The third kappa shape index (κ3) is 3.56. The van der Waals surface area contributed by atoms with Gasteiger partial charge in [0.15, 0.2) is 0 Å². The third-order valence-corrected chi connectivity index (χ3v) is 2.99. The highest BCUT2D eigenvalue weighted by atomic mass is 16.4. The second-order valence-corrected chi connectivity index (χ2v) is 4.54. The van der Waals surface area contributed by atoms with Crippen molar-refractivity contribution in [1.82, 2.24) is 9.78 Å². The Bertz CT molecular complexity index is 717. The van der Waals surface area contributed by atoms with E-state index in [1.165, 1.54) is 6.08 Å². The fourth-order valence-corrected chi connectivity index (χ4v) is 1.84. The molecule has 2 aromatic rings. The fraction of sp³-hybridized carbons (Fsp3) is 0.133. The predicted molar refractivity (Wildman–Crippen MR) is 79.0 cm³/mol. The summed E-state index contributed by atoms with van der Waals surface area (Å²) in [7, 11) is 1.73. The Kier molecular flexibility index (Phi) is 4.18. The normalized spacial score (nSPS) is 10.8. The first-order chi connectivity index (χ1) is 9.97. The van der Waals surface area contributed by atoms with Crippen LogP contribution in [0.3, 0.4) is 0 Å². The molecular weight excluding hydrogens is 270 g/mol. The highest BCUT2D eigenvalue weighted by Crippen LogP contribution is 2.15. The van der Waals surface area contributed by atoms with Gasteiger partial charge in [0.05, 0.1) is 6.20 Å². The van der Waals surface area contributed by atoms with Crippen molar-refractivity contribution in [2.24, 2.45) is 7.05 Å². The molecule has 0 bridgehead atoms. The van der Waals surface area contributed by atoms with Crippen LogP contribution in [0.4, 0.5) is 5.82 Å². The number of rotatable bonds is 4. The number of amides is 1. The molecule has 0 spiro atoms. The number of aromatic nitrogens is 2. The first-order valence-electron chi connectivity index (χ1n) is 6.28. The van der Waals surface area contributed by atoms with Gasteiger partial charge in [0.2, 0.25) is 0 Å². The van der Waals surface area contributed by atoms with E-state index >= 15 is 0 Å². The van der Waals surface area contributed by atoms with Crippen molar-refractivity contribution < 1.29 is 14.7 Å². The maximum Gasteiger partial charge on any atom is 0.328 e. The average molecular weight is 285 g/mol. The molecule has 1 heterocycles. The van der Waals surface area contributed by atoms with Crippen LogP contribution in [0.5, 0.6) is 0 Å². The van der Waals surface area contributed by atoms with Crippen LogP contribution in [0.1, 0.15) is 21.5 Å². The number of carbonyl (C=O) groups excluding carboxylic acids is 1. The Hall–Kier alpha value is -2.89. The lowest BCUT2D eigenvalue weighted by Crippen LogP contribution is -2.15. The van der Waals surface area contributed by atoms with E-state index in [-0.39, 0.29) is 5.91 Å². The van der Waals surface area contributed by atoms with E-state index in [0.29, 0.717) is 16.9 Å². The summed E-state index contributed by atoms with van der Waals surface area (Å²) < 4.78 is 1.56. The average Bonchev–Trinajstić information content (AvgIpc) is 2.83. The summed E-state index contributed by atoms with van der Waals surface area (Å²) in [5.74, 6) is -0.705. The Morgan fingerprint density at radius 1 is 1.33 bits per heavy atom. The van der Waals surface area contributed by atoms with Crippen molar-refractivity contribution in [2.75, 3.05) is 5.32 Å². The molecule has 0 radical (unpaired) electrons. The maximum absolute atomic E-state index is 12.3. The molecular formula is C15H15N3O3. The van der Waals surface area contributed by atoms with Crippen molar-refractivity contribution >= 4 is 23.8 Å². The molecule has 2 N–H and O–H groups in total. The summed E-state index contributed by atoms with van der Waals surface area (Å²) in [5.41, 5.74) is 1.95. The number of hydrogen-bond donors (Lipinski definition) is 2. The molecule has 6 heteroatoms. The fourth-order valence-electron chi connectivity index (χ4n) is 1.84. The quantitative estimate of drug-likeness (QED) is 0.842. The van der Waals surface area contributed by atoms with Crippen LogP contribution in [0.2, 0.25) is 0 Å². The summed E-state index contributed by atoms with van der Waals surface area (Å²) >= 11 is 0. The molecule has 1 aromatic carbocycles. The van der Waals surface area contributed by atoms with Gasteiger partial charge in [-0.3, -0.25) is 9.48 Å². The first kappa shape index (κ1) is 14.5. The second kappa shape index (κ2) is 6.04. The lowest BCUT2D eigenvalue weighted by atomic mass is 10.0. The maximum atomic E-state index is 12.3. The van der Waals surface area contributed by atoms with Crippen molar-refractivity contribution in [1.29, 1.82) is 0 Å². The lowest BCUT2D eigenvalue weighted by molar-refractivity contribution is -0.131. The van der Waals surface area contributed by atoms with Crippen LogP contribution in [0, 0.1) is 6.92 Å². The molecule has 6 nitrogen and oxygen atoms in total. The molecule has 0 saturated carbocycles. The highest BCUT2D eigenvalue weighted by Gasteiger charge is 2.11. The number of carboxylic acid groups (broad SMARTS) is 1. The number of benzene rings is 1. The number of nitrogens with one attached hydrogen (secondary N) is 1. The van der Waals surface area contributed by atoms with Gasteiger partial charge in [-0.15, -0.1) is 0 Å². The molecule has 21 heavy (non-hydrogen) atoms. The largest absolute Gasteiger partial charge is 0.478 e. The predicted octanol–water partition coefficient (Wildman–Crippen LogP) is 2.08. The van der Waals surface area contributed by atoms with Crippen LogP contribution < -0.4 is 5.32 Å². The SMILES string of the molecule is Cc1ccc(C=CC(=O)O)cc1C(=O)Nc1ccnn1C. The Labute approximate surface area is 121 Å². The zero-order valence-electron chi connectivity index (χ0n) is 11.7. The van der Waals surface area contributed by atoms with Gasteiger partial charge in [-0.1, -0.05) is 12.1 Å². The standard InChI is InChI=1S/C15H15N3O3/c1-10-3-4-11(5-6-14(19)20)9-12(10)15(21)17-13-7-8-16-18(13)2/h3-9H,1-2H3,(H,17,21)(H,19,20). The van der Waals surface area contributed by atoms with Gasteiger partial charge in [-0.2, -0.15) is 5.10 Å². The molecule has 0 aliphatic rings. The minimum absolute atomic E-state index is 0.262. The van der Waals surface area contributed by atoms with E-state index in [0.717, 1.165) is 11.6 Å². The molecule has 0 atom stereocenters. The van der Waals surface area contributed by atoms with Gasteiger partial charge in [0.1, 0.15) is 5.82 Å². The minimum atomic E-state index is -1.03. The molecule has 1 amide bonds. The van der Waals surface area contributed by atoms with Gasteiger partial charge in [-0.05, 0) is 30.2 Å². The van der Waals surface area contributed by atoms with E-state index in [9.17, 15) is 9.59 Å². The van der Waals surface area contributed by atoms with Crippen molar-refractivity contribution in [3.8, 4) is 0 Å². The Balaban J connectivity index is 2.26. The monoisotopic (exact) mass is 285 g/mol. The number of hydrogen-bond acceptors (Lipinski definition) is 3. The number of carbonyl (C=O) groups is 2. The summed E-state index contributed by atoms with van der Waals surface area (Å²) in [4.78, 5) is 22.8. The molecule has 2 rings (SSSR count). The Morgan fingerprint density at radius 2 is 2.10 bits per heavy atom. The topological polar surface area (TPSA) is 84.2 Å². The van der Waals surface area contributed by atoms with Gasteiger partial charge >= 0.3 is 5.97 Å². The van der Waals surface area contributed by atoms with Gasteiger partial charge < -0.3 is 10.4 Å². The highest BCUT2D eigenvalue weighted by molar-refractivity contribution is 6.05. The summed E-state index contributed by atoms with van der Waals surface area (Å²) in [5, 5.41) is 15.4. The Morgan fingerprint density at radius 3 is 2.71 bits per heavy atom. The van der Waals surface area contributed by atoms with E-state index in [4.69, 9.17) is 5.11 Å². The van der Waals surface area contributed by atoms with Crippen LogP contribution in [-0.2, 0) is 11.8 Å². The summed E-state index contributed by atoms with van der Waals surface area (Å²) in [6, 6.07) is 6.89. The molecule has 0 unspecified atom stereocenters. The molecule has 0 aliphatic heterocycles. The number of anilines is 1. The third-order valence-electron chi connectivity index (χ3n) is 2.99. The number of nitrogens with zero attached hydrogens (tertiary/aromatic N) is 2. The van der Waals surface area contributed by atoms with Crippen molar-refractivity contribution in [3.05, 3.63) is 53.2 Å². The zero-order valence-corrected chi connectivity index (χ0v) is 11.7. The van der Waals surface area contributed by atoms with E-state index in [1.54, 1.807) is 42.2 Å². The number of aryl methyl sites for hydroxylation is 2. The van der Waals surface area contributed by atoms with Gasteiger partial charge in [-0.25, -0.2) is 4.79 Å². The van der Waals surface area contributed by atoms with Crippen LogP contribution in [0.25, 0.3) is 6.08 Å². The van der Waals surface area contributed by atoms with E-state index < -0.39 is 5.97 Å². The van der Waals surface area contributed by atoms with Gasteiger partial charge in [0, 0.05) is 24.8 Å². The van der Waals surface area contributed by atoms with Crippen molar-refractivity contribution in [3.63, 3.8) is 0 Å². The summed E-state index contributed by atoms with van der Waals surface area (Å²) in [6.45, 7) is 1.82. The first-order valence-corrected chi connectivity index (χ1v) is 6.28. The van der Waals surface area contributed by atoms with Crippen LogP contribution in [-0.4, -0.2) is 26.8 Å². The summed E-state index contributed by atoms with van der Waals surface area (Å²) in [6.07, 6.45) is 4.07. The molecule has 1 aromatic heterocycles. The molecule has 0 saturated heterocycles. The molecule has 108 valence electrons. The van der Waals surface area contributed by atoms with E-state index in [2.05, 4.69) is 10.4 Å². The number of aliphatic carboxylic acids is 1. The zero-order chi connectivity index (χ0) is 15.4. The second-order valence-electron chi connectivity index (χ2n) is 4.54. The lowest BCUT2D eigenvalue weighted by Gasteiger charge is -2.08. The van der Waals surface area contributed by atoms with Crippen molar-refractivity contribution in [2.45, 2.75) is 6.92 Å². The van der Waals surface area contributed by atoms with Crippen LogP contribution in [0.15, 0.2) is 36.5 Å². The number of carboxylic acids is 1. The van der Waals surface area contributed by atoms with Gasteiger partial charge in [0.25, 0.3) is 5.91 Å². The molecule has 0 fully saturated rings. The smallest absolute Gasteiger partial charge is 0.328 e. The molecule has 0 aliphatic carbocycles. The minimum Gasteiger partial charge on any atom is -0.478 e. The van der Waals surface area contributed by atoms with Crippen LogP contribution >= 0.6 is 0 Å². The van der Waals surface area contributed by atoms with E-state index in [1.807, 2.05) is 6.92 Å².